The fourth-order valence-electron chi connectivity index (χ4n) is 10.7. The van der Waals surface area contributed by atoms with E-state index in [4.69, 9.17) is 22.4 Å². The maximum atomic E-state index is 12.8. The van der Waals surface area contributed by atoms with Gasteiger partial charge in [-0.1, -0.05) is 110 Å². The summed E-state index contributed by atoms with van der Waals surface area (Å²) in [5, 5.41) is 2.27. The van der Waals surface area contributed by atoms with Gasteiger partial charge in [0.2, 0.25) is 0 Å². The van der Waals surface area contributed by atoms with Crippen LogP contribution >= 0.6 is 64.8 Å². The lowest BCUT2D eigenvalue weighted by atomic mass is 10.1. The molecule has 5 aliphatic heterocycles. The molecule has 1 saturated carbocycles. The lowest BCUT2D eigenvalue weighted by Gasteiger charge is -2.37. The Morgan fingerprint density at radius 1 is 0.508 bits per heavy atom. The van der Waals surface area contributed by atoms with Gasteiger partial charge < -0.3 is 22.4 Å². The predicted molar refractivity (Wildman–Crippen MR) is 263 cm³/mol. The monoisotopic (exact) mass is 982 g/mol. The number of rotatable bonds is 27. The number of hydrogen-bond donors (Lipinski definition) is 0. The van der Waals surface area contributed by atoms with Gasteiger partial charge in [-0.25, -0.2) is 0 Å². The number of carbonyl (C=O) groups is 3. The van der Waals surface area contributed by atoms with Crippen molar-refractivity contribution in [3.8, 4) is 0 Å². The molecule has 0 aromatic rings. The van der Waals surface area contributed by atoms with E-state index in [2.05, 4.69) is 13.1 Å². The third kappa shape index (κ3) is 15.3. The van der Waals surface area contributed by atoms with E-state index in [-0.39, 0.29) is 17.9 Å². The third-order valence-corrected chi connectivity index (χ3v) is 40.0. The molecule has 0 aromatic carbocycles. The first-order valence-corrected chi connectivity index (χ1v) is 38.0. The first-order chi connectivity index (χ1) is 28.7. The van der Waals surface area contributed by atoms with Crippen molar-refractivity contribution < 1.29 is 36.8 Å². The zero-order valence-corrected chi connectivity index (χ0v) is 44.0. The highest BCUT2D eigenvalue weighted by atomic mass is 33.1. The Morgan fingerprint density at radius 3 is 1.24 bits per heavy atom. The molecule has 8 nitrogen and oxygen atoms in total. The maximum absolute atomic E-state index is 12.8. The van der Waals surface area contributed by atoms with Crippen LogP contribution in [0.1, 0.15) is 141 Å². The molecule has 5 heterocycles. The first-order valence-electron chi connectivity index (χ1n) is 23.4. The van der Waals surface area contributed by atoms with Crippen LogP contribution in [0, 0.1) is 0 Å². The van der Waals surface area contributed by atoms with Gasteiger partial charge in [0.25, 0.3) is 0 Å². The molecule has 59 heavy (non-hydrogen) atoms. The summed E-state index contributed by atoms with van der Waals surface area (Å²) in [6.07, 6.45) is 22.6. The van der Waals surface area contributed by atoms with Crippen LogP contribution in [-0.2, 0) is 36.8 Å². The SMILES string of the molecule is C[Si]1(CCCOC(=O)CCCCC2CCSS2)O[Si]2(CCCOC(=O)CCCCC3CCSS3)O[Si](C)(CCCOC(=O)CCCCC3CCSS3)C3CCCCC1C32. The summed E-state index contributed by atoms with van der Waals surface area (Å²) in [7, 11) is 4.95. The van der Waals surface area contributed by atoms with Gasteiger partial charge in [0, 0.05) is 57.8 Å². The third-order valence-electron chi connectivity index (χ3n) is 13.8. The fourth-order valence-corrected chi connectivity index (χ4v) is 43.0. The molecule has 7 unspecified atom stereocenters. The number of esters is 3. The largest absolute Gasteiger partial charge is 0.466 e. The predicted octanol–water partition coefficient (Wildman–Crippen LogP) is 13.3. The first kappa shape index (κ1) is 49.5. The van der Waals surface area contributed by atoms with Gasteiger partial charge >= 0.3 is 26.5 Å². The molecule has 6 aliphatic rings. The average Bonchev–Trinajstić information content (AvgIpc) is 4.07. The van der Waals surface area contributed by atoms with Gasteiger partial charge in [-0.05, 0) is 119 Å². The quantitative estimate of drug-likeness (QED) is 0.0257. The molecule has 6 fully saturated rings. The second kappa shape index (κ2) is 25.7. The Kier molecular flexibility index (Phi) is 21.6. The van der Waals surface area contributed by atoms with Gasteiger partial charge in [0.05, 0.1) is 19.8 Å². The van der Waals surface area contributed by atoms with Crippen LogP contribution in [0.4, 0.5) is 0 Å². The molecular weight excluding hydrogens is 909 g/mol. The Balaban J connectivity index is 0.989. The highest BCUT2D eigenvalue weighted by Gasteiger charge is 2.73. The van der Waals surface area contributed by atoms with Crippen molar-refractivity contribution >= 4 is 108 Å². The van der Waals surface area contributed by atoms with Gasteiger partial charge in [0.1, 0.15) is 0 Å². The fraction of sp³-hybridized carbons (Fsp3) is 0.929. The summed E-state index contributed by atoms with van der Waals surface area (Å²) >= 11 is 0. The lowest BCUT2D eigenvalue weighted by Crippen LogP contribution is -2.48. The summed E-state index contributed by atoms with van der Waals surface area (Å²) < 4.78 is 32.7. The Morgan fingerprint density at radius 2 is 0.881 bits per heavy atom. The molecule has 0 spiro atoms. The summed E-state index contributed by atoms with van der Waals surface area (Å²) in [6, 6.07) is 2.89. The normalized spacial score (nSPS) is 33.9. The van der Waals surface area contributed by atoms with E-state index < -0.39 is 25.2 Å². The van der Waals surface area contributed by atoms with Crippen LogP contribution in [0.15, 0.2) is 0 Å². The van der Waals surface area contributed by atoms with Gasteiger partial charge in [-0.2, -0.15) is 0 Å². The lowest BCUT2D eigenvalue weighted by molar-refractivity contribution is -0.144. The minimum Gasteiger partial charge on any atom is -0.466 e. The van der Waals surface area contributed by atoms with Gasteiger partial charge in [-0.15, -0.1) is 0 Å². The zero-order chi connectivity index (χ0) is 41.4. The molecular formula is C42H74O8S6Si3. The maximum Gasteiger partial charge on any atom is 0.321 e. The second-order valence-electron chi connectivity index (χ2n) is 18.4. The van der Waals surface area contributed by atoms with E-state index in [1.807, 2.05) is 64.8 Å². The minimum absolute atomic E-state index is 0.0511. The average molecular weight is 984 g/mol. The zero-order valence-electron chi connectivity index (χ0n) is 36.1. The van der Waals surface area contributed by atoms with Crippen LogP contribution in [0.3, 0.4) is 0 Å². The van der Waals surface area contributed by atoms with E-state index in [0.29, 0.717) is 55.7 Å². The number of carbonyl (C=O) groups excluding carboxylic acids is 3. The highest BCUT2D eigenvalue weighted by molar-refractivity contribution is 8.78. The minimum atomic E-state index is -2.64. The van der Waals surface area contributed by atoms with E-state index >= 15 is 0 Å². The number of unbranched alkanes of at least 4 members (excludes halogenated alkanes) is 3. The smallest absolute Gasteiger partial charge is 0.321 e. The molecule has 7 atom stereocenters. The molecule has 17 heteroatoms. The molecule has 0 bridgehead atoms. The Bertz CT molecular complexity index is 1240. The molecule has 0 amide bonds. The van der Waals surface area contributed by atoms with Crippen molar-refractivity contribution in [2.75, 3.05) is 37.1 Å². The Labute approximate surface area is 383 Å². The van der Waals surface area contributed by atoms with Gasteiger partial charge in [0.15, 0.2) is 16.6 Å². The molecule has 5 saturated heterocycles. The standard InChI is InChI=1S/C42H74O8S6Si3/c1-57(31-11-25-46-39(43)19-8-3-14-34-22-28-51-54-34)37-17-6-7-18-38-42(37)59(49-57,33-13-27-48-41(45)21-10-5-16-36-24-30-53-56-36)50-58(38,2)32-12-26-47-40(44)20-9-4-15-35-23-29-52-55-35/h34-38,42H,3-33H2,1-2H3. The summed E-state index contributed by atoms with van der Waals surface area (Å²) in [5.74, 6) is 3.61. The van der Waals surface area contributed by atoms with E-state index in [1.54, 1.807) is 0 Å². The molecule has 1 aliphatic carbocycles. The molecule has 0 N–H and O–H groups in total. The second-order valence-corrected chi connectivity index (χ2v) is 38.9. The highest BCUT2D eigenvalue weighted by Crippen LogP contribution is 2.70. The van der Waals surface area contributed by atoms with E-state index in [9.17, 15) is 14.4 Å². The topological polar surface area (TPSA) is 97.4 Å². The van der Waals surface area contributed by atoms with Crippen molar-refractivity contribution in [1.82, 2.24) is 0 Å². The Hall–Kier alpha value is 1.08. The summed E-state index contributed by atoms with van der Waals surface area (Å²) in [6.45, 7) is 6.33. The molecule has 338 valence electrons. The van der Waals surface area contributed by atoms with Crippen LogP contribution in [0.2, 0.25) is 47.8 Å². The summed E-state index contributed by atoms with van der Waals surface area (Å²) in [5.41, 5.74) is 1.63. The molecule has 0 radical (unpaired) electrons. The van der Waals surface area contributed by atoms with Gasteiger partial charge in [-0.3, -0.25) is 14.4 Å². The van der Waals surface area contributed by atoms with E-state index in [0.717, 1.165) is 91.7 Å². The van der Waals surface area contributed by atoms with Crippen LogP contribution in [0.5, 0.6) is 0 Å². The molecule has 6 rings (SSSR count). The number of ether oxygens (including phenoxy) is 3. The van der Waals surface area contributed by atoms with Crippen molar-refractivity contribution in [3.05, 3.63) is 0 Å². The van der Waals surface area contributed by atoms with Crippen LogP contribution < -0.4 is 0 Å². The van der Waals surface area contributed by atoms with Crippen molar-refractivity contribution in [1.29, 1.82) is 0 Å². The number of hydrogen-bond acceptors (Lipinski definition) is 14. The van der Waals surface area contributed by atoms with Crippen LogP contribution in [-0.4, -0.2) is 95.9 Å². The van der Waals surface area contributed by atoms with Crippen molar-refractivity contribution in [2.45, 2.75) is 205 Å². The van der Waals surface area contributed by atoms with Crippen molar-refractivity contribution in [3.63, 3.8) is 0 Å². The van der Waals surface area contributed by atoms with Crippen molar-refractivity contribution in [2.24, 2.45) is 0 Å². The summed E-state index contributed by atoms with van der Waals surface area (Å²) in [4.78, 5) is 38.1. The van der Waals surface area contributed by atoms with E-state index in [1.165, 1.54) is 81.5 Å². The molecule has 0 aromatic heterocycles. The van der Waals surface area contributed by atoms with Crippen LogP contribution in [0.25, 0.3) is 0 Å².